The fourth-order valence-electron chi connectivity index (χ4n) is 2.11. The summed E-state index contributed by atoms with van der Waals surface area (Å²) in [6.45, 7) is 2.77. The minimum atomic E-state index is -0.186. The lowest BCUT2D eigenvalue weighted by Crippen LogP contribution is -2.35. The minimum absolute atomic E-state index is 0.0258. The molecule has 0 bridgehead atoms. The molecule has 0 aromatic heterocycles. The third-order valence-electron chi connectivity index (χ3n) is 2.98. The van der Waals surface area contributed by atoms with Crippen LogP contribution in [0, 0.1) is 6.92 Å². The Labute approximate surface area is 89.9 Å². The number of aliphatic hydroxyl groups excluding tert-OH is 1. The fraction of sp³-hybridized carbons (Fsp3) is 0.500. The highest BCUT2D eigenvalue weighted by Crippen LogP contribution is 2.35. The van der Waals surface area contributed by atoms with Crippen molar-refractivity contribution in [3.8, 4) is 5.75 Å². The van der Waals surface area contributed by atoms with Crippen molar-refractivity contribution in [2.45, 2.75) is 25.3 Å². The molecule has 1 aliphatic rings. The average molecular weight is 207 g/mol. The van der Waals surface area contributed by atoms with Gasteiger partial charge in [0.25, 0.3) is 0 Å². The SMILES string of the molecule is Cc1ccc2c(c1)C(C(N)CO)CCO2. The van der Waals surface area contributed by atoms with Gasteiger partial charge in [-0.3, -0.25) is 0 Å². The predicted molar refractivity (Wildman–Crippen MR) is 59.1 cm³/mol. The van der Waals surface area contributed by atoms with E-state index < -0.39 is 0 Å². The van der Waals surface area contributed by atoms with Crippen LogP contribution in [0.25, 0.3) is 0 Å². The Balaban J connectivity index is 2.36. The summed E-state index contributed by atoms with van der Waals surface area (Å²) in [6.07, 6.45) is 0.887. The van der Waals surface area contributed by atoms with Crippen molar-refractivity contribution in [1.29, 1.82) is 0 Å². The number of aliphatic hydroxyl groups is 1. The molecule has 15 heavy (non-hydrogen) atoms. The Morgan fingerprint density at radius 2 is 2.40 bits per heavy atom. The van der Waals surface area contributed by atoms with E-state index in [-0.39, 0.29) is 18.6 Å². The first-order valence-electron chi connectivity index (χ1n) is 5.32. The van der Waals surface area contributed by atoms with E-state index in [2.05, 4.69) is 13.0 Å². The van der Waals surface area contributed by atoms with Gasteiger partial charge < -0.3 is 15.6 Å². The van der Waals surface area contributed by atoms with Crippen LogP contribution in [0.2, 0.25) is 0 Å². The summed E-state index contributed by atoms with van der Waals surface area (Å²) in [5.41, 5.74) is 8.25. The first kappa shape index (κ1) is 10.5. The Bertz CT molecular complexity index is 351. The van der Waals surface area contributed by atoms with Gasteiger partial charge in [0.1, 0.15) is 5.75 Å². The number of ether oxygens (including phenoxy) is 1. The summed E-state index contributed by atoms with van der Waals surface area (Å²) in [6, 6.07) is 5.94. The largest absolute Gasteiger partial charge is 0.493 e. The van der Waals surface area contributed by atoms with E-state index >= 15 is 0 Å². The Hall–Kier alpha value is -1.06. The lowest BCUT2D eigenvalue weighted by Gasteiger charge is -2.29. The number of hydrogen-bond donors (Lipinski definition) is 2. The zero-order valence-corrected chi connectivity index (χ0v) is 8.94. The number of aryl methyl sites for hydroxylation is 1. The summed E-state index contributed by atoms with van der Waals surface area (Å²) in [5.74, 6) is 1.14. The van der Waals surface area contributed by atoms with Crippen molar-refractivity contribution in [3.05, 3.63) is 29.3 Å². The van der Waals surface area contributed by atoms with E-state index in [1.54, 1.807) is 0 Å². The molecule has 1 aromatic rings. The highest BCUT2D eigenvalue weighted by molar-refractivity contribution is 5.41. The number of rotatable bonds is 2. The van der Waals surface area contributed by atoms with Crippen molar-refractivity contribution in [1.82, 2.24) is 0 Å². The van der Waals surface area contributed by atoms with Crippen LogP contribution in [-0.4, -0.2) is 24.4 Å². The van der Waals surface area contributed by atoms with Crippen molar-refractivity contribution in [2.24, 2.45) is 5.73 Å². The predicted octanol–water partition coefficient (Wildman–Crippen LogP) is 1.18. The number of benzene rings is 1. The number of fused-ring (bicyclic) bond motifs is 1. The minimum Gasteiger partial charge on any atom is -0.493 e. The van der Waals surface area contributed by atoms with Crippen LogP contribution in [0.3, 0.4) is 0 Å². The van der Waals surface area contributed by atoms with Gasteiger partial charge in [0, 0.05) is 12.0 Å². The maximum atomic E-state index is 9.12. The third-order valence-corrected chi connectivity index (χ3v) is 2.98. The Kier molecular flexibility index (Phi) is 2.93. The Morgan fingerprint density at radius 3 is 3.13 bits per heavy atom. The topological polar surface area (TPSA) is 55.5 Å². The molecule has 0 fully saturated rings. The van der Waals surface area contributed by atoms with E-state index in [0.29, 0.717) is 6.61 Å². The molecule has 2 atom stereocenters. The van der Waals surface area contributed by atoms with Crippen LogP contribution >= 0.6 is 0 Å². The van der Waals surface area contributed by atoms with Crippen molar-refractivity contribution < 1.29 is 9.84 Å². The van der Waals surface area contributed by atoms with E-state index in [4.69, 9.17) is 15.6 Å². The molecule has 0 amide bonds. The normalized spacial score (nSPS) is 21.7. The highest BCUT2D eigenvalue weighted by atomic mass is 16.5. The zero-order chi connectivity index (χ0) is 10.8. The lowest BCUT2D eigenvalue weighted by atomic mass is 9.86. The van der Waals surface area contributed by atoms with Crippen molar-refractivity contribution in [2.75, 3.05) is 13.2 Å². The van der Waals surface area contributed by atoms with Gasteiger partial charge in [-0.05, 0) is 25.0 Å². The van der Waals surface area contributed by atoms with Gasteiger partial charge in [-0.25, -0.2) is 0 Å². The summed E-state index contributed by atoms with van der Waals surface area (Å²) >= 11 is 0. The molecular formula is C12H17NO2. The molecular weight excluding hydrogens is 190 g/mol. The molecule has 3 nitrogen and oxygen atoms in total. The van der Waals surface area contributed by atoms with Gasteiger partial charge in [-0.2, -0.15) is 0 Å². The second-order valence-electron chi connectivity index (χ2n) is 4.13. The molecule has 1 heterocycles. The molecule has 0 aliphatic carbocycles. The monoisotopic (exact) mass is 207 g/mol. The van der Waals surface area contributed by atoms with Crippen LogP contribution in [-0.2, 0) is 0 Å². The molecule has 2 unspecified atom stereocenters. The molecule has 2 rings (SSSR count). The second kappa shape index (κ2) is 4.21. The summed E-state index contributed by atoms with van der Waals surface area (Å²) < 4.78 is 5.57. The average Bonchev–Trinajstić information content (AvgIpc) is 2.27. The highest BCUT2D eigenvalue weighted by Gasteiger charge is 2.26. The van der Waals surface area contributed by atoms with Crippen molar-refractivity contribution >= 4 is 0 Å². The molecule has 0 radical (unpaired) electrons. The first-order valence-corrected chi connectivity index (χ1v) is 5.32. The summed E-state index contributed by atoms with van der Waals surface area (Å²) in [7, 11) is 0. The molecule has 3 heteroatoms. The maximum absolute atomic E-state index is 9.12. The van der Waals surface area contributed by atoms with Gasteiger partial charge in [0.2, 0.25) is 0 Å². The standard InChI is InChI=1S/C12H17NO2/c1-8-2-3-12-10(6-8)9(4-5-15-12)11(13)7-14/h2-3,6,9,11,14H,4-5,7,13H2,1H3. The molecule has 0 saturated heterocycles. The van der Waals surface area contributed by atoms with E-state index in [9.17, 15) is 0 Å². The van der Waals surface area contributed by atoms with E-state index in [0.717, 1.165) is 17.7 Å². The lowest BCUT2D eigenvalue weighted by molar-refractivity contribution is 0.209. The first-order chi connectivity index (χ1) is 7.22. The van der Waals surface area contributed by atoms with Gasteiger partial charge >= 0.3 is 0 Å². The fourth-order valence-corrected chi connectivity index (χ4v) is 2.11. The second-order valence-corrected chi connectivity index (χ2v) is 4.13. The zero-order valence-electron chi connectivity index (χ0n) is 8.94. The van der Waals surface area contributed by atoms with Gasteiger partial charge in [-0.1, -0.05) is 17.7 Å². The molecule has 82 valence electrons. The molecule has 0 spiro atoms. The molecule has 1 aliphatic heterocycles. The van der Waals surface area contributed by atoms with Crippen LogP contribution in [0.5, 0.6) is 5.75 Å². The van der Waals surface area contributed by atoms with E-state index in [1.165, 1.54) is 5.56 Å². The van der Waals surface area contributed by atoms with Gasteiger partial charge in [0.05, 0.1) is 13.2 Å². The number of nitrogens with two attached hydrogens (primary N) is 1. The maximum Gasteiger partial charge on any atom is 0.122 e. The van der Waals surface area contributed by atoms with Crippen LogP contribution in [0.15, 0.2) is 18.2 Å². The van der Waals surface area contributed by atoms with Crippen LogP contribution < -0.4 is 10.5 Å². The Morgan fingerprint density at radius 1 is 1.60 bits per heavy atom. The van der Waals surface area contributed by atoms with Gasteiger partial charge in [-0.15, -0.1) is 0 Å². The molecule has 3 N–H and O–H groups in total. The quantitative estimate of drug-likeness (QED) is 0.765. The summed E-state index contributed by atoms with van der Waals surface area (Å²) in [5, 5.41) is 9.12. The van der Waals surface area contributed by atoms with E-state index in [1.807, 2.05) is 12.1 Å². The molecule has 0 saturated carbocycles. The van der Waals surface area contributed by atoms with Crippen molar-refractivity contribution in [3.63, 3.8) is 0 Å². The smallest absolute Gasteiger partial charge is 0.122 e. The molecule has 1 aromatic carbocycles. The van der Waals surface area contributed by atoms with Gasteiger partial charge in [0.15, 0.2) is 0 Å². The summed E-state index contributed by atoms with van der Waals surface area (Å²) in [4.78, 5) is 0. The number of hydrogen-bond acceptors (Lipinski definition) is 3. The van der Waals surface area contributed by atoms with Crippen LogP contribution in [0.1, 0.15) is 23.5 Å². The third kappa shape index (κ3) is 1.98. The van der Waals surface area contributed by atoms with Crippen LogP contribution in [0.4, 0.5) is 0 Å².